The summed E-state index contributed by atoms with van der Waals surface area (Å²) in [6.45, 7) is 8.69. The number of nitrogens with zero attached hydrogens (tertiary/aromatic N) is 3. The van der Waals surface area contributed by atoms with Crippen molar-refractivity contribution >= 4 is 23.4 Å². The van der Waals surface area contributed by atoms with Crippen LogP contribution in [0, 0.1) is 13.8 Å². The summed E-state index contributed by atoms with van der Waals surface area (Å²) >= 11 is 0. The number of hydrogen-bond acceptors (Lipinski definition) is 5. The van der Waals surface area contributed by atoms with E-state index in [-0.39, 0.29) is 23.2 Å². The van der Waals surface area contributed by atoms with Crippen molar-refractivity contribution in [2.45, 2.75) is 33.6 Å². The van der Waals surface area contributed by atoms with Gasteiger partial charge in [0.2, 0.25) is 5.88 Å². The number of rotatable bonds is 6. The number of urea groups is 1. The fourth-order valence-corrected chi connectivity index (χ4v) is 3.89. The minimum Gasteiger partial charge on any atom is -0.480 e. The Hall–Kier alpha value is -3.29. The summed E-state index contributed by atoms with van der Waals surface area (Å²) < 4.78 is 5.31. The molecule has 0 radical (unpaired) electrons. The zero-order chi connectivity index (χ0) is 22.5. The zero-order valence-corrected chi connectivity index (χ0v) is 18.6. The van der Waals surface area contributed by atoms with Gasteiger partial charge in [-0.05, 0) is 49.6 Å². The predicted molar refractivity (Wildman–Crippen MR) is 120 cm³/mol. The summed E-state index contributed by atoms with van der Waals surface area (Å²) in [6.07, 6.45) is 1.28. The smallest absolute Gasteiger partial charge is 0.337 e. The van der Waals surface area contributed by atoms with Crippen LogP contribution in [-0.4, -0.2) is 60.3 Å². The number of aromatic carboxylic acids is 1. The van der Waals surface area contributed by atoms with E-state index >= 15 is 0 Å². The number of piperazine rings is 1. The monoisotopic (exact) mass is 426 g/mol. The number of amides is 2. The lowest BCUT2D eigenvalue weighted by Gasteiger charge is -2.36. The molecule has 3 rings (SSSR count). The topological polar surface area (TPSA) is 95.0 Å². The number of ether oxygens (including phenoxy) is 1. The van der Waals surface area contributed by atoms with Gasteiger partial charge in [-0.25, -0.2) is 14.6 Å². The molecule has 31 heavy (non-hydrogen) atoms. The van der Waals surface area contributed by atoms with Crippen molar-refractivity contribution in [2.75, 3.05) is 43.5 Å². The summed E-state index contributed by atoms with van der Waals surface area (Å²) in [6, 6.07) is 7.60. The molecule has 8 heteroatoms. The van der Waals surface area contributed by atoms with Gasteiger partial charge in [-0.3, -0.25) is 0 Å². The lowest BCUT2D eigenvalue weighted by Crippen LogP contribution is -2.50. The van der Waals surface area contributed by atoms with Crippen LogP contribution in [0.1, 0.15) is 40.5 Å². The predicted octanol–water partition coefficient (Wildman–Crippen LogP) is 3.71. The Kier molecular flexibility index (Phi) is 6.99. The molecule has 2 N–H and O–H groups in total. The number of aryl methyl sites for hydroxylation is 3. The van der Waals surface area contributed by atoms with Crippen LogP contribution in [0.25, 0.3) is 0 Å². The maximum absolute atomic E-state index is 12.8. The number of methoxy groups -OCH3 is 1. The third kappa shape index (κ3) is 5.25. The van der Waals surface area contributed by atoms with Crippen molar-refractivity contribution in [3.8, 4) is 5.88 Å². The lowest BCUT2D eigenvalue weighted by atomic mass is 10.1. The summed E-state index contributed by atoms with van der Waals surface area (Å²) in [7, 11) is 1.46. The average molecular weight is 427 g/mol. The van der Waals surface area contributed by atoms with E-state index in [0.29, 0.717) is 25.2 Å². The zero-order valence-electron chi connectivity index (χ0n) is 18.6. The molecule has 2 aromatic rings. The van der Waals surface area contributed by atoms with Gasteiger partial charge in [0.05, 0.1) is 18.4 Å². The maximum Gasteiger partial charge on any atom is 0.337 e. The highest BCUT2D eigenvalue weighted by Gasteiger charge is 2.24. The molecule has 1 aromatic heterocycles. The van der Waals surface area contributed by atoms with Gasteiger partial charge < -0.3 is 25.0 Å². The van der Waals surface area contributed by atoms with E-state index in [1.54, 1.807) is 4.90 Å². The molecular formula is C23H30N4O4. The first kappa shape index (κ1) is 22.4. The average Bonchev–Trinajstić information content (AvgIpc) is 2.73. The summed E-state index contributed by atoms with van der Waals surface area (Å²) in [5, 5.41) is 12.3. The highest BCUT2D eigenvalue weighted by Crippen LogP contribution is 2.27. The van der Waals surface area contributed by atoms with Gasteiger partial charge in [0.1, 0.15) is 5.69 Å². The van der Waals surface area contributed by atoms with E-state index in [9.17, 15) is 14.7 Å². The van der Waals surface area contributed by atoms with E-state index in [0.717, 1.165) is 19.5 Å². The number of anilines is 2. The first-order chi connectivity index (χ1) is 14.8. The minimum absolute atomic E-state index is 0.0811. The van der Waals surface area contributed by atoms with Gasteiger partial charge in [0, 0.05) is 31.9 Å². The number of benzene rings is 1. The Labute approximate surface area is 182 Å². The fraction of sp³-hybridized carbons (Fsp3) is 0.435. The molecule has 0 unspecified atom stereocenters. The molecule has 0 bridgehead atoms. The number of carbonyl (C=O) groups is 2. The molecule has 1 aromatic carbocycles. The van der Waals surface area contributed by atoms with Crippen LogP contribution in [0.3, 0.4) is 0 Å². The van der Waals surface area contributed by atoms with Crippen molar-refractivity contribution < 1.29 is 19.4 Å². The lowest BCUT2D eigenvalue weighted by molar-refractivity contribution is 0.0695. The second-order valence-electron chi connectivity index (χ2n) is 7.84. The Morgan fingerprint density at radius 1 is 1.10 bits per heavy atom. The number of pyridine rings is 1. The number of carboxylic acid groups (broad SMARTS) is 1. The Morgan fingerprint density at radius 3 is 2.29 bits per heavy atom. The van der Waals surface area contributed by atoms with Gasteiger partial charge >= 0.3 is 12.0 Å². The molecule has 2 heterocycles. The third-order valence-electron chi connectivity index (χ3n) is 5.36. The summed E-state index contributed by atoms with van der Waals surface area (Å²) in [4.78, 5) is 32.8. The molecule has 1 aliphatic heterocycles. The van der Waals surface area contributed by atoms with E-state index in [4.69, 9.17) is 4.74 Å². The van der Waals surface area contributed by atoms with Crippen LogP contribution >= 0.6 is 0 Å². The second kappa shape index (κ2) is 9.68. The molecule has 1 aliphatic rings. The second-order valence-corrected chi connectivity index (χ2v) is 7.84. The molecule has 0 aliphatic carbocycles. The van der Waals surface area contributed by atoms with E-state index in [1.165, 1.54) is 30.0 Å². The van der Waals surface area contributed by atoms with Crippen LogP contribution in [0.15, 0.2) is 24.3 Å². The molecule has 166 valence electrons. The first-order valence-corrected chi connectivity index (χ1v) is 10.5. The highest BCUT2D eigenvalue weighted by molar-refractivity contribution is 5.95. The SMILES string of the molecule is CCCc1nc(OC)c(NC(=O)N2CCN(c3cc(C)cc(C)c3)CC2)cc1C(=O)O. The van der Waals surface area contributed by atoms with Gasteiger partial charge in [0.25, 0.3) is 0 Å². The van der Waals surface area contributed by atoms with Crippen LogP contribution in [0.2, 0.25) is 0 Å². The molecule has 0 spiro atoms. The normalized spacial score (nSPS) is 13.8. The number of nitrogens with one attached hydrogen (secondary N) is 1. The van der Waals surface area contributed by atoms with Crippen LogP contribution in [-0.2, 0) is 6.42 Å². The van der Waals surface area contributed by atoms with Crippen molar-refractivity contribution in [3.63, 3.8) is 0 Å². The Bertz CT molecular complexity index is 948. The molecule has 0 atom stereocenters. The molecule has 2 amide bonds. The van der Waals surface area contributed by atoms with Crippen LogP contribution < -0.4 is 15.0 Å². The summed E-state index contributed by atoms with van der Waals surface area (Å²) in [5.74, 6) is -0.855. The first-order valence-electron chi connectivity index (χ1n) is 10.5. The van der Waals surface area contributed by atoms with Gasteiger partial charge in [-0.1, -0.05) is 19.4 Å². The maximum atomic E-state index is 12.8. The standard InChI is InChI=1S/C23H30N4O4/c1-5-6-19-18(22(28)29)14-20(21(24-19)31-4)25-23(30)27-9-7-26(8-10-27)17-12-15(2)11-16(3)13-17/h11-14H,5-10H2,1-4H3,(H,25,30)(H,28,29). The van der Waals surface area contributed by atoms with Gasteiger partial charge in [0.15, 0.2) is 0 Å². The third-order valence-corrected chi connectivity index (χ3v) is 5.36. The quantitative estimate of drug-likeness (QED) is 0.731. The van der Waals surface area contributed by atoms with Gasteiger partial charge in [-0.2, -0.15) is 0 Å². The van der Waals surface area contributed by atoms with E-state index in [1.807, 2.05) is 6.92 Å². The van der Waals surface area contributed by atoms with E-state index in [2.05, 4.69) is 47.2 Å². The minimum atomic E-state index is -1.07. The molecule has 1 fully saturated rings. The molecule has 0 saturated carbocycles. The molecule has 1 saturated heterocycles. The highest BCUT2D eigenvalue weighted by atomic mass is 16.5. The largest absolute Gasteiger partial charge is 0.480 e. The number of carboxylic acids is 1. The molecule has 8 nitrogen and oxygen atoms in total. The molecular weight excluding hydrogens is 396 g/mol. The van der Waals surface area contributed by atoms with Crippen molar-refractivity contribution in [3.05, 3.63) is 46.6 Å². The van der Waals surface area contributed by atoms with Crippen molar-refractivity contribution in [2.24, 2.45) is 0 Å². The van der Waals surface area contributed by atoms with Crippen molar-refractivity contribution in [1.82, 2.24) is 9.88 Å². The van der Waals surface area contributed by atoms with Crippen LogP contribution in [0.5, 0.6) is 5.88 Å². The van der Waals surface area contributed by atoms with Crippen molar-refractivity contribution in [1.29, 1.82) is 0 Å². The fourth-order valence-electron chi connectivity index (χ4n) is 3.89. The Balaban J connectivity index is 1.70. The number of hydrogen-bond donors (Lipinski definition) is 2. The summed E-state index contributed by atoms with van der Waals surface area (Å²) in [5.41, 5.74) is 4.40. The number of carbonyl (C=O) groups excluding carboxylic acids is 1. The van der Waals surface area contributed by atoms with Crippen LogP contribution in [0.4, 0.5) is 16.2 Å². The Morgan fingerprint density at radius 2 is 1.74 bits per heavy atom. The van der Waals surface area contributed by atoms with E-state index < -0.39 is 5.97 Å². The number of aromatic nitrogens is 1. The van der Waals surface area contributed by atoms with Gasteiger partial charge in [-0.15, -0.1) is 0 Å².